The first-order chi connectivity index (χ1) is 14.7. The summed E-state index contributed by atoms with van der Waals surface area (Å²) in [6.45, 7) is 0.244. The van der Waals surface area contributed by atoms with Crippen molar-refractivity contribution in [3.05, 3.63) is 87.4 Å². The van der Waals surface area contributed by atoms with Crippen molar-refractivity contribution in [1.29, 1.82) is 0 Å². The summed E-state index contributed by atoms with van der Waals surface area (Å²) in [6, 6.07) is 19.3. The lowest BCUT2D eigenvalue weighted by Gasteiger charge is -2.38. The molecule has 3 heterocycles. The van der Waals surface area contributed by atoms with E-state index in [-0.39, 0.29) is 12.8 Å². The molecule has 3 aliphatic rings. The zero-order chi connectivity index (χ0) is 20.2. The van der Waals surface area contributed by atoms with Crippen LogP contribution in [-0.4, -0.2) is 17.5 Å². The van der Waals surface area contributed by atoms with E-state index < -0.39 is 6.23 Å². The van der Waals surface area contributed by atoms with Crippen molar-refractivity contribution < 1.29 is 14.2 Å². The smallest absolute Gasteiger partial charge is 0.231 e. The van der Waals surface area contributed by atoms with Crippen LogP contribution in [0.3, 0.4) is 0 Å². The van der Waals surface area contributed by atoms with E-state index in [4.69, 9.17) is 42.5 Å². The Hall–Kier alpha value is -2.89. The zero-order valence-corrected chi connectivity index (χ0v) is 17.2. The molecule has 0 unspecified atom stereocenters. The molecule has 0 aliphatic carbocycles. The van der Waals surface area contributed by atoms with Crippen LogP contribution in [0.25, 0.3) is 0 Å². The zero-order valence-electron chi connectivity index (χ0n) is 15.7. The van der Waals surface area contributed by atoms with Crippen molar-refractivity contribution >= 4 is 28.9 Å². The fourth-order valence-electron chi connectivity index (χ4n) is 4.19. The molecule has 2 atom stereocenters. The highest BCUT2D eigenvalue weighted by atomic mass is 35.5. The van der Waals surface area contributed by atoms with Gasteiger partial charge in [-0.15, -0.1) is 0 Å². The van der Waals surface area contributed by atoms with Gasteiger partial charge in [0.1, 0.15) is 5.75 Å². The molecule has 0 fully saturated rings. The van der Waals surface area contributed by atoms with E-state index in [1.165, 1.54) is 0 Å². The van der Waals surface area contributed by atoms with Crippen molar-refractivity contribution in [1.82, 2.24) is 5.01 Å². The van der Waals surface area contributed by atoms with Crippen LogP contribution in [0.15, 0.2) is 65.8 Å². The minimum atomic E-state index is -0.427. The molecule has 0 N–H and O–H groups in total. The van der Waals surface area contributed by atoms with Crippen LogP contribution < -0.4 is 14.2 Å². The lowest BCUT2D eigenvalue weighted by Crippen LogP contribution is -2.33. The molecule has 30 heavy (non-hydrogen) atoms. The minimum absolute atomic E-state index is 0.00542. The van der Waals surface area contributed by atoms with E-state index in [0.29, 0.717) is 10.0 Å². The van der Waals surface area contributed by atoms with Gasteiger partial charge >= 0.3 is 0 Å². The summed E-state index contributed by atoms with van der Waals surface area (Å²) >= 11 is 12.8. The molecular formula is C23H16Cl2N2O3. The normalized spacial score (nSPS) is 21.0. The first-order valence-corrected chi connectivity index (χ1v) is 10.4. The van der Waals surface area contributed by atoms with Crippen LogP contribution in [0.4, 0.5) is 0 Å². The van der Waals surface area contributed by atoms with Crippen LogP contribution in [-0.2, 0) is 0 Å². The third-order valence-electron chi connectivity index (χ3n) is 5.63. The molecule has 0 bridgehead atoms. The Labute approximate surface area is 183 Å². The first-order valence-electron chi connectivity index (χ1n) is 9.64. The highest BCUT2D eigenvalue weighted by Crippen LogP contribution is 2.49. The lowest BCUT2D eigenvalue weighted by molar-refractivity contribution is -0.0189. The number of halogens is 2. The third-order valence-corrected chi connectivity index (χ3v) is 6.21. The van der Waals surface area contributed by atoms with E-state index in [9.17, 15) is 0 Å². The van der Waals surface area contributed by atoms with Crippen LogP contribution in [0.1, 0.15) is 35.4 Å². The van der Waals surface area contributed by atoms with Gasteiger partial charge in [0, 0.05) is 33.2 Å². The van der Waals surface area contributed by atoms with Gasteiger partial charge in [0.2, 0.25) is 13.0 Å². The standard InChI is InChI=1S/C23H16Cl2N2O3/c24-14-6-8-20-16(10-14)19-11-18(13-5-7-21-22(9-13)29-12-28-21)26-27(19)23(30-20)15-3-1-2-4-17(15)25/h1-10,19,23H,11-12H2/t19-,23+/m1/s1. The Kier molecular flexibility index (Phi) is 4.08. The number of hydrazone groups is 1. The molecule has 0 saturated heterocycles. The van der Waals surface area contributed by atoms with Gasteiger partial charge in [0.15, 0.2) is 11.5 Å². The van der Waals surface area contributed by atoms with Crippen LogP contribution in [0.2, 0.25) is 10.0 Å². The maximum atomic E-state index is 6.51. The lowest BCUT2D eigenvalue weighted by atomic mass is 9.95. The van der Waals surface area contributed by atoms with E-state index in [1.54, 1.807) is 0 Å². The number of ether oxygens (including phenoxy) is 3. The van der Waals surface area contributed by atoms with Gasteiger partial charge in [0.05, 0.1) is 11.8 Å². The number of rotatable bonds is 2. The predicted octanol–water partition coefficient (Wildman–Crippen LogP) is 5.96. The van der Waals surface area contributed by atoms with Crippen molar-refractivity contribution in [3.63, 3.8) is 0 Å². The average molecular weight is 439 g/mol. The molecule has 0 saturated carbocycles. The monoisotopic (exact) mass is 438 g/mol. The summed E-state index contributed by atoms with van der Waals surface area (Å²) in [6.07, 6.45) is 0.293. The van der Waals surface area contributed by atoms with Crippen molar-refractivity contribution in [2.75, 3.05) is 6.79 Å². The average Bonchev–Trinajstić information content (AvgIpc) is 3.40. The second kappa shape index (κ2) is 6.83. The number of benzene rings is 3. The van der Waals surface area contributed by atoms with Crippen molar-refractivity contribution in [2.24, 2.45) is 5.10 Å². The minimum Gasteiger partial charge on any atom is -0.464 e. The fourth-order valence-corrected chi connectivity index (χ4v) is 4.60. The van der Waals surface area contributed by atoms with Crippen molar-refractivity contribution in [3.8, 4) is 17.2 Å². The van der Waals surface area contributed by atoms with Gasteiger partial charge in [-0.1, -0.05) is 41.4 Å². The molecule has 3 aromatic rings. The van der Waals surface area contributed by atoms with E-state index in [0.717, 1.165) is 46.1 Å². The maximum Gasteiger partial charge on any atom is 0.231 e. The number of nitrogens with zero attached hydrogens (tertiary/aromatic N) is 2. The SMILES string of the molecule is Clc1ccc2c(c1)[C@H]1CC(c3ccc4c(c3)OCO4)=NN1[C@H](c1ccccc1Cl)O2. The Morgan fingerprint density at radius 1 is 0.867 bits per heavy atom. The molecule has 0 spiro atoms. The third kappa shape index (κ3) is 2.81. The fraction of sp³-hybridized carbons (Fsp3) is 0.174. The highest BCUT2D eigenvalue weighted by Gasteiger charge is 2.41. The summed E-state index contributed by atoms with van der Waals surface area (Å²) in [5, 5.41) is 8.26. The summed E-state index contributed by atoms with van der Waals surface area (Å²) < 4.78 is 17.3. The topological polar surface area (TPSA) is 43.3 Å². The summed E-state index contributed by atoms with van der Waals surface area (Å²) in [5.41, 5.74) is 3.84. The van der Waals surface area contributed by atoms with E-state index >= 15 is 0 Å². The Balaban J connectivity index is 1.45. The van der Waals surface area contributed by atoms with Gasteiger partial charge in [-0.25, -0.2) is 5.01 Å². The van der Waals surface area contributed by atoms with Gasteiger partial charge < -0.3 is 14.2 Å². The second-order valence-corrected chi connectivity index (χ2v) is 8.23. The molecule has 0 aromatic heterocycles. The summed E-state index contributed by atoms with van der Waals surface area (Å²) in [4.78, 5) is 0. The molecule has 0 radical (unpaired) electrons. The predicted molar refractivity (Wildman–Crippen MR) is 115 cm³/mol. The number of hydrogen-bond acceptors (Lipinski definition) is 5. The van der Waals surface area contributed by atoms with Gasteiger partial charge in [0.25, 0.3) is 0 Å². The van der Waals surface area contributed by atoms with Crippen LogP contribution in [0.5, 0.6) is 17.2 Å². The molecule has 3 aliphatic heterocycles. The quantitative estimate of drug-likeness (QED) is 0.494. The largest absolute Gasteiger partial charge is 0.464 e. The van der Waals surface area contributed by atoms with Gasteiger partial charge in [-0.2, -0.15) is 5.10 Å². The molecular weight excluding hydrogens is 423 g/mol. The molecule has 150 valence electrons. The Morgan fingerprint density at radius 2 is 1.70 bits per heavy atom. The van der Waals surface area contributed by atoms with Gasteiger partial charge in [-0.3, -0.25) is 0 Å². The molecule has 3 aromatic carbocycles. The molecule has 0 amide bonds. The molecule has 6 rings (SSSR count). The number of hydrogen-bond donors (Lipinski definition) is 0. The highest BCUT2D eigenvalue weighted by molar-refractivity contribution is 6.31. The van der Waals surface area contributed by atoms with Crippen molar-refractivity contribution in [2.45, 2.75) is 18.7 Å². The molecule has 5 nitrogen and oxygen atoms in total. The first kappa shape index (κ1) is 17.9. The van der Waals surface area contributed by atoms with Crippen LogP contribution >= 0.6 is 23.2 Å². The summed E-state index contributed by atoms with van der Waals surface area (Å²) in [7, 11) is 0. The van der Waals surface area contributed by atoms with Crippen LogP contribution in [0, 0.1) is 0 Å². The maximum absolute atomic E-state index is 6.51. The molecule has 7 heteroatoms. The van der Waals surface area contributed by atoms with E-state index in [1.807, 2.05) is 65.7 Å². The Morgan fingerprint density at radius 3 is 2.60 bits per heavy atom. The second-order valence-electron chi connectivity index (χ2n) is 7.39. The Bertz CT molecular complexity index is 1200. The van der Waals surface area contributed by atoms with E-state index in [2.05, 4.69) is 0 Å². The van der Waals surface area contributed by atoms with Gasteiger partial charge in [-0.05, 0) is 42.5 Å². The number of fused-ring (bicyclic) bond motifs is 4. The summed E-state index contributed by atoms with van der Waals surface area (Å²) in [5.74, 6) is 2.29.